The van der Waals surface area contributed by atoms with Gasteiger partial charge in [0.25, 0.3) is 0 Å². The molecule has 0 aromatic heterocycles. The van der Waals surface area contributed by atoms with Crippen LogP contribution in [0.1, 0.15) is 251 Å². The number of amides is 1. The summed E-state index contributed by atoms with van der Waals surface area (Å²) in [4.78, 5) is 13.3. The molecule has 500 valence electrons. The molecule has 2 fully saturated rings. The minimum absolute atomic E-state index is 0.253. The lowest BCUT2D eigenvalue weighted by Crippen LogP contribution is -2.65. The number of nitrogens with one attached hydrogen (secondary N) is 1. The molecule has 14 nitrogen and oxygen atoms in total. The van der Waals surface area contributed by atoms with Gasteiger partial charge in [0.05, 0.1) is 32.0 Å². The van der Waals surface area contributed by atoms with Crippen molar-refractivity contribution in [2.45, 2.75) is 325 Å². The Morgan fingerprint density at radius 3 is 1.26 bits per heavy atom. The lowest BCUT2D eigenvalue weighted by atomic mass is 9.97. The first-order valence-electron chi connectivity index (χ1n) is 34.6. The number of aliphatic hydroxyl groups is 8. The summed E-state index contributed by atoms with van der Waals surface area (Å²) >= 11 is 0. The van der Waals surface area contributed by atoms with Gasteiger partial charge in [-0.3, -0.25) is 4.79 Å². The first-order chi connectivity index (χ1) is 42.6. The van der Waals surface area contributed by atoms with Crippen LogP contribution in [0.3, 0.4) is 0 Å². The molecule has 12 unspecified atom stereocenters. The van der Waals surface area contributed by atoms with Crippen LogP contribution in [0, 0.1) is 0 Å². The van der Waals surface area contributed by atoms with Gasteiger partial charge in [-0.2, -0.15) is 0 Å². The van der Waals surface area contributed by atoms with Crippen LogP contribution < -0.4 is 5.32 Å². The van der Waals surface area contributed by atoms with Crippen LogP contribution in [0.25, 0.3) is 0 Å². The molecule has 87 heavy (non-hydrogen) atoms. The molecule has 2 rings (SSSR count). The van der Waals surface area contributed by atoms with E-state index in [0.29, 0.717) is 12.8 Å². The zero-order chi connectivity index (χ0) is 63.1. The molecule has 0 spiro atoms. The Morgan fingerprint density at radius 1 is 0.425 bits per heavy atom. The SMILES string of the molecule is CC/C=C\C/C=C\C/C=C\C/C=C\C/C=C\C/C=C\CCCCCCCCCCC(=O)NC(COC1OC(CO)C(OC2OC(CO)C(O)C(O)C2O)C(O)C1O)C(O)/C=C/CC/C=C/CC/C=C/CCCCCCCCCCCCCCCCCC. The van der Waals surface area contributed by atoms with Gasteiger partial charge in [0.2, 0.25) is 5.91 Å². The number of rotatable bonds is 55. The van der Waals surface area contributed by atoms with Gasteiger partial charge in [-0.15, -0.1) is 0 Å². The predicted octanol–water partition coefficient (Wildman–Crippen LogP) is 14.0. The third kappa shape index (κ3) is 40.9. The molecular weight excluding hydrogens is 1100 g/mol. The average Bonchev–Trinajstić information content (AvgIpc) is 2.58. The Balaban J connectivity index is 1.73. The van der Waals surface area contributed by atoms with Gasteiger partial charge in [-0.05, 0) is 96.3 Å². The Labute approximate surface area is 527 Å². The molecular formula is C73H125NO13. The van der Waals surface area contributed by atoms with Gasteiger partial charge in [-0.25, -0.2) is 0 Å². The Hall–Kier alpha value is -3.35. The van der Waals surface area contributed by atoms with Crippen molar-refractivity contribution in [3.05, 3.63) is 109 Å². The number of carbonyl (C=O) groups is 1. The van der Waals surface area contributed by atoms with Crippen LogP contribution in [0.15, 0.2) is 109 Å². The summed E-state index contributed by atoms with van der Waals surface area (Å²) in [5, 5.41) is 87.4. The van der Waals surface area contributed by atoms with Crippen LogP contribution in [0.5, 0.6) is 0 Å². The van der Waals surface area contributed by atoms with Crippen LogP contribution in [-0.4, -0.2) is 140 Å². The largest absolute Gasteiger partial charge is 0.394 e. The number of allylic oxidation sites excluding steroid dienone is 17. The lowest BCUT2D eigenvalue weighted by Gasteiger charge is -2.46. The van der Waals surface area contributed by atoms with E-state index in [1.165, 1.54) is 122 Å². The van der Waals surface area contributed by atoms with E-state index >= 15 is 0 Å². The van der Waals surface area contributed by atoms with Crippen molar-refractivity contribution in [3.8, 4) is 0 Å². The highest BCUT2D eigenvalue weighted by Crippen LogP contribution is 2.30. The van der Waals surface area contributed by atoms with E-state index in [-0.39, 0.29) is 18.9 Å². The summed E-state index contributed by atoms with van der Waals surface area (Å²) in [6, 6.07) is -0.952. The Morgan fingerprint density at radius 2 is 0.805 bits per heavy atom. The van der Waals surface area contributed by atoms with E-state index in [1.807, 2.05) is 6.08 Å². The minimum atomic E-state index is -1.80. The number of aliphatic hydroxyl groups excluding tert-OH is 8. The molecule has 1 amide bonds. The molecule has 0 aromatic carbocycles. The van der Waals surface area contributed by atoms with Crippen LogP contribution in [-0.2, 0) is 23.7 Å². The topological polar surface area (TPSA) is 228 Å². The highest BCUT2D eigenvalue weighted by Gasteiger charge is 2.51. The fourth-order valence-corrected chi connectivity index (χ4v) is 10.7. The molecule has 0 saturated carbocycles. The average molecular weight is 1220 g/mol. The van der Waals surface area contributed by atoms with Crippen LogP contribution >= 0.6 is 0 Å². The van der Waals surface area contributed by atoms with Crippen molar-refractivity contribution in [1.29, 1.82) is 0 Å². The first kappa shape index (κ1) is 79.7. The number of unbranched alkanes of at least 4 members (excludes halogenated alkanes) is 26. The number of carbonyl (C=O) groups excluding carboxylic acids is 1. The molecule has 2 saturated heterocycles. The maximum absolute atomic E-state index is 13.3. The Kier molecular flexibility index (Phi) is 51.9. The maximum Gasteiger partial charge on any atom is 0.220 e. The molecule has 9 N–H and O–H groups in total. The van der Waals surface area contributed by atoms with Crippen molar-refractivity contribution in [1.82, 2.24) is 5.32 Å². The zero-order valence-corrected chi connectivity index (χ0v) is 54.2. The van der Waals surface area contributed by atoms with E-state index in [9.17, 15) is 45.6 Å². The lowest BCUT2D eigenvalue weighted by molar-refractivity contribution is -0.359. The molecule has 2 aliphatic rings. The van der Waals surface area contributed by atoms with Gasteiger partial charge in [0.1, 0.15) is 48.8 Å². The van der Waals surface area contributed by atoms with Crippen LogP contribution in [0.4, 0.5) is 0 Å². The number of hydrogen-bond acceptors (Lipinski definition) is 13. The minimum Gasteiger partial charge on any atom is -0.394 e. The third-order valence-corrected chi connectivity index (χ3v) is 16.2. The van der Waals surface area contributed by atoms with Crippen LogP contribution in [0.2, 0.25) is 0 Å². The number of ether oxygens (including phenoxy) is 4. The molecule has 2 heterocycles. The van der Waals surface area contributed by atoms with Crippen molar-refractivity contribution < 1.29 is 64.6 Å². The molecule has 0 aromatic rings. The molecule has 12 atom stereocenters. The second kappa shape index (κ2) is 56.6. The summed E-state index contributed by atoms with van der Waals surface area (Å²) in [5.74, 6) is -0.265. The zero-order valence-electron chi connectivity index (χ0n) is 54.2. The standard InChI is InChI=1S/C73H125NO13/c1-3-5-7-9-11-13-15-17-19-21-23-25-27-29-31-33-35-37-39-41-43-45-47-49-51-53-55-57-65(78)74-61(60-84-72-70(83)68(81)71(64(59-76)86-72)87-73-69(82)67(80)66(79)63(58-75)85-73)62(77)56-54-52-50-48-46-44-42-40-38-36-34-32-30-28-26-24-22-20-18-16-14-12-10-8-6-4-2/h5,7,11,13,17,19,23,25,29,31,35,37-38,40,46,48,54,56,61-64,66-73,75-77,79-83H,3-4,6,8-10,12,14-16,18,20-22,24,26-28,30,32-34,36,39,41-45,47,49-53,55,57-60H2,1-2H3,(H,74,78)/b7-5-,13-11-,19-17-,25-23-,31-29-,37-35-,40-38+,48-46+,56-54+. The molecule has 0 radical (unpaired) electrons. The highest BCUT2D eigenvalue weighted by molar-refractivity contribution is 5.76. The Bertz CT molecular complexity index is 1880. The van der Waals surface area contributed by atoms with Gasteiger partial charge in [-0.1, -0.05) is 258 Å². The summed E-state index contributed by atoms with van der Waals surface area (Å²) in [7, 11) is 0. The molecule has 0 aliphatic carbocycles. The van der Waals surface area contributed by atoms with Gasteiger partial charge < -0.3 is 65.1 Å². The van der Waals surface area contributed by atoms with E-state index in [0.717, 1.165) is 96.3 Å². The van der Waals surface area contributed by atoms with E-state index in [2.05, 4.69) is 116 Å². The fourth-order valence-electron chi connectivity index (χ4n) is 10.7. The monoisotopic (exact) mass is 1220 g/mol. The third-order valence-electron chi connectivity index (χ3n) is 16.2. The summed E-state index contributed by atoms with van der Waals surface area (Å²) in [6.45, 7) is 2.67. The van der Waals surface area contributed by atoms with Crippen molar-refractivity contribution >= 4 is 5.91 Å². The normalized spacial score (nSPS) is 24.0. The van der Waals surface area contributed by atoms with E-state index < -0.39 is 86.8 Å². The summed E-state index contributed by atoms with van der Waals surface area (Å²) in [5.41, 5.74) is 0. The van der Waals surface area contributed by atoms with Gasteiger partial charge in [0, 0.05) is 6.42 Å². The molecule has 14 heteroatoms. The summed E-state index contributed by atoms with van der Waals surface area (Å²) < 4.78 is 22.8. The second-order valence-electron chi connectivity index (χ2n) is 23.9. The van der Waals surface area contributed by atoms with Crippen molar-refractivity contribution in [2.75, 3.05) is 19.8 Å². The smallest absolute Gasteiger partial charge is 0.220 e. The fraction of sp³-hybridized carbons (Fsp3) is 0.740. The van der Waals surface area contributed by atoms with Gasteiger partial charge >= 0.3 is 0 Å². The maximum atomic E-state index is 13.3. The molecule has 2 aliphatic heterocycles. The highest BCUT2D eigenvalue weighted by atomic mass is 16.7. The second-order valence-corrected chi connectivity index (χ2v) is 23.9. The molecule has 0 bridgehead atoms. The van der Waals surface area contributed by atoms with E-state index in [4.69, 9.17) is 18.9 Å². The van der Waals surface area contributed by atoms with Crippen molar-refractivity contribution in [3.63, 3.8) is 0 Å². The quantitative estimate of drug-likeness (QED) is 0.0204. The van der Waals surface area contributed by atoms with Crippen molar-refractivity contribution in [2.24, 2.45) is 0 Å². The number of hydrogen-bond donors (Lipinski definition) is 9. The van der Waals surface area contributed by atoms with Gasteiger partial charge in [0.15, 0.2) is 12.6 Å². The van der Waals surface area contributed by atoms with E-state index in [1.54, 1.807) is 6.08 Å². The first-order valence-corrected chi connectivity index (χ1v) is 34.6. The summed E-state index contributed by atoms with van der Waals surface area (Å²) in [6.07, 6.45) is 64.2. The predicted molar refractivity (Wildman–Crippen MR) is 355 cm³/mol.